The standard InChI is InChI=1S/C22H28ClN3O2/c1-24-20-13-21(28-2)18(12-19(20)23)22(27)25-14-16-8-10-26(11-9-16)15-17-6-4-3-5-7-17/h3-7,12-13,16,24H,8-11,14-15H2,1-2H3,(H,25,27). The quantitative estimate of drug-likeness (QED) is 0.735. The Kier molecular flexibility index (Phi) is 7.18. The highest BCUT2D eigenvalue weighted by molar-refractivity contribution is 6.33. The predicted octanol–water partition coefficient (Wildman–Crippen LogP) is 4.03. The molecule has 1 aliphatic heterocycles. The number of benzene rings is 2. The van der Waals surface area contributed by atoms with Crippen LogP contribution >= 0.6 is 11.6 Å². The molecular formula is C22H28ClN3O2. The zero-order chi connectivity index (χ0) is 19.9. The van der Waals surface area contributed by atoms with Crippen LogP contribution in [0.5, 0.6) is 5.75 Å². The van der Waals surface area contributed by atoms with Gasteiger partial charge in [-0.15, -0.1) is 0 Å². The van der Waals surface area contributed by atoms with Crippen molar-refractivity contribution in [2.75, 3.05) is 39.1 Å². The van der Waals surface area contributed by atoms with Crippen molar-refractivity contribution in [3.8, 4) is 5.75 Å². The maximum absolute atomic E-state index is 12.6. The van der Waals surface area contributed by atoms with Gasteiger partial charge in [0.1, 0.15) is 5.75 Å². The Balaban J connectivity index is 1.50. The summed E-state index contributed by atoms with van der Waals surface area (Å²) in [5, 5.41) is 6.55. The highest BCUT2D eigenvalue weighted by Gasteiger charge is 2.21. The maximum atomic E-state index is 12.6. The van der Waals surface area contributed by atoms with Gasteiger partial charge in [0.05, 0.1) is 23.4 Å². The molecule has 3 rings (SSSR count). The second kappa shape index (κ2) is 9.80. The summed E-state index contributed by atoms with van der Waals surface area (Å²) in [4.78, 5) is 15.1. The van der Waals surface area contributed by atoms with E-state index in [0.29, 0.717) is 28.8 Å². The van der Waals surface area contributed by atoms with E-state index < -0.39 is 0 Å². The summed E-state index contributed by atoms with van der Waals surface area (Å²) in [6.45, 7) is 3.78. The third-order valence-electron chi connectivity index (χ3n) is 5.31. The molecule has 5 nitrogen and oxygen atoms in total. The fourth-order valence-corrected chi connectivity index (χ4v) is 3.87. The lowest BCUT2D eigenvalue weighted by Crippen LogP contribution is -2.38. The van der Waals surface area contributed by atoms with Gasteiger partial charge in [0.15, 0.2) is 0 Å². The molecule has 1 heterocycles. The number of amides is 1. The van der Waals surface area contributed by atoms with E-state index in [-0.39, 0.29) is 5.91 Å². The number of carbonyl (C=O) groups excluding carboxylic acids is 1. The molecule has 2 aromatic rings. The molecular weight excluding hydrogens is 374 g/mol. The van der Waals surface area contributed by atoms with Gasteiger partial charge in [-0.05, 0) is 43.5 Å². The van der Waals surface area contributed by atoms with Gasteiger partial charge in [0.2, 0.25) is 0 Å². The molecule has 6 heteroatoms. The summed E-state index contributed by atoms with van der Waals surface area (Å²) in [6, 6.07) is 14.0. The lowest BCUT2D eigenvalue weighted by atomic mass is 9.96. The van der Waals surface area contributed by atoms with Crippen LogP contribution < -0.4 is 15.4 Å². The number of likely N-dealkylation sites (tertiary alicyclic amines) is 1. The van der Waals surface area contributed by atoms with Gasteiger partial charge >= 0.3 is 0 Å². The van der Waals surface area contributed by atoms with Crippen LogP contribution in [-0.2, 0) is 6.54 Å². The van der Waals surface area contributed by atoms with E-state index in [1.165, 1.54) is 5.56 Å². The van der Waals surface area contributed by atoms with Gasteiger partial charge in [-0.2, -0.15) is 0 Å². The minimum atomic E-state index is -0.145. The number of nitrogens with one attached hydrogen (secondary N) is 2. The molecule has 1 amide bonds. The molecule has 0 aromatic heterocycles. The number of piperidine rings is 1. The third-order valence-corrected chi connectivity index (χ3v) is 5.62. The van der Waals surface area contributed by atoms with E-state index in [4.69, 9.17) is 16.3 Å². The minimum absolute atomic E-state index is 0.145. The number of carbonyl (C=O) groups is 1. The Hall–Kier alpha value is -2.24. The van der Waals surface area contributed by atoms with Crippen LogP contribution in [0.1, 0.15) is 28.8 Å². The average molecular weight is 402 g/mol. The second-order valence-electron chi connectivity index (χ2n) is 7.20. The molecule has 0 bridgehead atoms. The van der Waals surface area contributed by atoms with E-state index in [9.17, 15) is 4.79 Å². The van der Waals surface area contributed by atoms with E-state index in [1.54, 1.807) is 26.3 Å². The number of hydrogen-bond donors (Lipinski definition) is 2. The van der Waals surface area contributed by atoms with E-state index in [2.05, 4.69) is 39.8 Å². The Morgan fingerprint density at radius 3 is 2.57 bits per heavy atom. The topological polar surface area (TPSA) is 53.6 Å². The fourth-order valence-electron chi connectivity index (χ4n) is 3.61. The molecule has 0 radical (unpaired) electrons. The normalized spacial score (nSPS) is 15.2. The zero-order valence-electron chi connectivity index (χ0n) is 16.5. The Morgan fingerprint density at radius 2 is 1.93 bits per heavy atom. The molecule has 0 atom stereocenters. The van der Waals surface area contributed by atoms with E-state index in [0.717, 1.165) is 38.2 Å². The molecule has 1 fully saturated rings. The first-order valence-corrected chi connectivity index (χ1v) is 10.1. The number of methoxy groups -OCH3 is 1. The maximum Gasteiger partial charge on any atom is 0.255 e. The van der Waals surface area contributed by atoms with Crippen molar-refractivity contribution in [1.82, 2.24) is 10.2 Å². The Bertz CT molecular complexity index is 790. The van der Waals surface area contributed by atoms with Gasteiger partial charge in [-0.25, -0.2) is 0 Å². The van der Waals surface area contributed by atoms with Crippen LogP contribution in [0.15, 0.2) is 42.5 Å². The second-order valence-corrected chi connectivity index (χ2v) is 7.60. The molecule has 150 valence electrons. The molecule has 1 saturated heterocycles. The highest BCUT2D eigenvalue weighted by atomic mass is 35.5. The number of rotatable bonds is 7. The highest BCUT2D eigenvalue weighted by Crippen LogP contribution is 2.30. The van der Waals surface area contributed by atoms with Crippen LogP contribution in [0.25, 0.3) is 0 Å². The minimum Gasteiger partial charge on any atom is -0.496 e. The van der Waals surface area contributed by atoms with Crippen LogP contribution in [0, 0.1) is 5.92 Å². The molecule has 0 unspecified atom stereocenters. The number of ether oxygens (including phenoxy) is 1. The zero-order valence-corrected chi connectivity index (χ0v) is 17.3. The molecule has 0 saturated carbocycles. The molecule has 0 spiro atoms. The van der Waals surface area contributed by atoms with E-state index >= 15 is 0 Å². The average Bonchev–Trinajstić information content (AvgIpc) is 2.73. The van der Waals surface area contributed by atoms with Gasteiger partial charge in [-0.1, -0.05) is 41.9 Å². The molecule has 1 aliphatic rings. The summed E-state index contributed by atoms with van der Waals surface area (Å²) < 4.78 is 5.36. The van der Waals surface area contributed by atoms with Gasteiger partial charge in [0.25, 0.3) is 5.91 Å². The van der Waals surface area contributed by atoms with Crippen LogP contribution in [-0.4, -0.2) is 44.6 Å². The molecule has 28 heavy (non-hydrogen) atoms. The van der Waals surface area contributed by atoms with Gasteiger partial charge < -0.3 is 15.4 Å². The van der Waals surface area contributed by atoms with Gasteiger partial charge in [-0.3, -0.25) is 9.69 Å². The van der Waals surface area contributed by atoms with Crippen molar-refractivity contribution >= 4 is 23.2 Å². The summed E-state index contributed by atoms with van der Waals surface area (Å²) in [6.07, 6.45) is 2.17. The van der Waals surface area contributed by atoms with Crippen molar-refractivity contribution in [2.45, 2.75) is 19.4 Å². The molecule has 2 aromatic carbocycles. The lowest BCUT2D eigenvalue weighted by molar-refractivity contribution is 0.0932. The van der Waals surface area contributed by atoms with Crippen molar-refractivity contribution < 1.29 is 9.53 Å². The molecule has 2 N–H and O–H groups in total. The van der Waals surface area contributed by atoms with Crippen LogP contribution in [0.4, 0.5) is 5.69 Å². The number of anilines is 1. The smallest absolute Gasteiger partial charge is 0.255 e. The van der Waals surface area contributed by atoms with Crippen molar-refractivity contribution in [1.29, 1.82) is 0 Å². The number of hydrogen-bond acceptors (Lipinski definition) is 4. The number of halogens is 1. The largest absolute Gasteiger partial charge is 0.496 e. The lowest BCUT2D eigenvalue weighted by Gasteiger charge is -2.32. The first-order valence-electron chi connectivity index (χ1n) is 9.70. The monoisotopic (exact) mass is 401 g/mol. The Labute approximate surface area is 172 Å². The fraction of sp³-hybridized carbons (Fsp3) is 0.409. The summed E-state index contributed by atoms with van der Waals surface area (Å²) >= 11 is 6.23. The Morgan fingerprint density at radius 1 is 1.21 bits per heavy atom. The summed E-state index contributed by atoms with van der Waals surface area (Å²) in [5.41, 5.74) is 2.55. The van der Waals surface area contributed by atoms with Crippen molar-refractivity contribution in [2.24, 2.45) is 5.92 Å². The van der Waals surface area contributed by atoms with Gasteiger partial charge in [0, 0.05) is 26.2 Å². The first kappa shape index (κ1) is 20.5. The third kappa shape index (κ3) is 5.18. The number of nitrogens with zero attached hydrogens (tertiary/aromatic N) is 1. The van der Waals surface area contributed by atoms with Crippen LogP contribution in [0.3, 0.4) is 0 Å². The molecule has 0 aliphatic carbocycles. The predicted molar refractivity (Wildman–Crippen MR) is 114 cm³/mol. The van der Waals surface area contributed by atoms with E-state index in [1.807, 2.05) is 6.07 Å². The summed E-state index contributed by atoms with van der Waals surface area (Å²) in [5.74, 6) is 0.867. The van der Waals surface area contributed by atoms with Crippen molar-refractivity contribution in [3.63, 3.8) is 0 Å². The van der Waals surface area contributed by atoms with Crippen LogP contribution in [0.2, 0.25) is 5.02 Å². The first-order chi connectivity index (χ1) is 13.6. The van der Waals surface area contributed by atoms with Crippen molar-refractivity contribution in [3.05, 3.63) is 58.6 Å². The SMILES string of the molecule is CNc1cc(OC)c(C(=O)NCC2CCN(Cc3ccccc3)CC2)cc1Cl. The summed E-state index contributed by atoms with van der Waals surface area (Å²) in [7, 11) is 3.34.